The minimum absolute atomic E-state index is 0. The van der Waals surface area contributed by atoms with Crippen LogP contribution in [0.2, 0.25) is 0 Å². The van der Waals surface area contributed by atoms with Gasteiger partial charge < -0.3 is 30.7 Å². The van der Waals surface area contributed by atoms with Crippen molar-refractivity contribution < 1.29 is 34.4 Å². The molecule has 8 heteroatoms. The first-order valence-electron chi connectivity index (χ1n) is 4.57. The van der Waals surface area contributed by atoms with Gasteiger partial charge in [0.1, 0.15) is 0 Å². The number of hydrogen-bond donors (Lipinski definition) is 2. The molecule has 5 nitrogen and oxygen atoms in total. The average molecular weight is 325 g/mol. The molecule has 18 heavy (non-hydrogen) atoms. The van der Waals surface area contributed by atoms with Crippen LogP contribution in [0.15, 0.2) is 48.9 Å². The van der Waals surface area contributed by atoms with Crippen molar-refractivity contribution in [1.82, 2.24) is 10.1 Å². The molecule has 0 bridgehead atoms. The number of hydroxylamine groups is 4. The van der Waals surface area contributed by atoms with Crippen LogP contribution in [0.25, 0.3) is 0 Å². The summed E-state index contributed by atoms with van der Waals surface area (Å²) in [4.78, 5) is 0. The Morgan fingerprint density at radius 1 is 0.778 bits per heavy atom. The van der Waals surface area contributed by atoms with Crippen molar-refractivity contribution in [2.45, 2.75) is 10.7 Å². The van der Waals surface area contributed by atoms with Gasteiger partial charge in [0.2, 0.25) is 0 Å². The molecule has 0 aromatic carbocycles. The van der Waals surface area contributed by atoms with E-state index in [2.05, 4.69) is 0 Å². The van der Waals surface area contributed by atoms with E-state index in [0.29, 0.717) is 0 Å². The maximum atomic E-state index is 8.77. The molecule has 0 saturated carbocycles. The predicted molar refractivity (Wildman–Crippen MR) is 69.7 cm³/mol. The van der Waals surface area contributed by atoms with Crippen molar-refractivity contribution >= 4 is 25.3 Å². The van der Waals surface area contributed by atoms with Crippen LogP contribution in [0.3, 0.4) is 0 Å². The zero-order chi connectivity index (χ0) is 12.0. The molecular weight excluding hydrogens is 311 g/mol. The van der Waals surface area contributed by atoms with E-state index >= 15 is 0 Å². The second-order valence-corrected chi connectivity index (χ2v) is 3.96. The number of nitrogens with zero attached hydrogens (tertiary/aromatic N) is 2. The molecular formula is C10H14N2O3S2V. The van der Waals surface area contributed by atoms with Gasteiger partial charge in [-0.2, -0.15) is 0 Å². The summed E-state index contributed by atoms with van der Waals surface area (Å²) in [7, 11) is 0. The monoisotopic (exact) mass is 325 g/mol. The standard InChI is InChI=1S/2C5H7NOS.H2O.V/c2*7-6-4-2-1-3-5(6)8;;/h2*1-5,7-8H;1H2;/q;;;+2/p-2. The van der Waals surface area contributed by atoms with Crippen LogP contribution in [0.4, 0.5) is 0 Å². The van der Waals surface area contributed by atoms with Crippen LogP contribution in [0.5, 0.6) is 0 Å². The first kappa shape index (κ1) is 20.1. The molecule has 0 amide bonds. The first-order valence-corrected chi connectivity index (χ1v) is 5.51. The minimum Gasteiger partial charge on any atom is -0.761 e. The molecule has 99 valence electrons. The number of allylic oxidation sites excluding steroid dienone is 4. The van der Waals surface area contributed by atoms with Crippen molar-refractivity contribution in [3.05, 3.63) is 48.9 Å². The van der Waals surface area contributed by atoms with Crippen LogP contribution < -0.4 is 0 Å². The summed E-state index contributed by atoms with van der Waals surface area (Å²) in [5, 5.41) is 18.9. The molecule has 2 aliphatic heterocycles. The van der Waals surface area contributed by atoms with Crippen LogP contribution >= 0.6 is 0 Å². The van der Waals surface area contributed by atoms with Gasteiger partial charge in [0.25, 0.3) is 0 Å². The Hall–Kier alpha value is -0.276. The maximum Gasteiger partial charge on any atom is 2.00 e. The third-order valence-electron chi connectivity index (χ3n) is 1.77. The second-order valence-electron chi connectivity index (χ2n) is 2.99. The normalized spacial score (nSPS) is 23.8. The molecule has 4 N–H and O–H groups in total. The number of hydrogen-bond acceptors (Lipinski definition) is 6. The molecule has 2 unspecified atom stereocenters. The summed E-state index contributed by atoms with van der Waals surface area (Å²) in [5.41, 5.74) is 0. The van der Waals surface area contributed by atoms with E-state index in [4.69, 9.17) is 35.7 Å². The summed E-state index contributed by atoms with van der Waals surface area (Å²) in [5.74, 6) is 0. The largest absolute Gasteiger partial charge is 2.00 e. The molecule has 2 heterocycles. The molecule has 2 aliphatic rings. The Morgan fingerprint density at radius 2 is 1.11 bits per heavy atom. The van der Waals surface area contributed by atoms with E-state index in [1.807, 2.05) is 12.2 Å². The fraction of sp³-hybridized carbons (Fsp3) is 0.200. The van der Waals surface area contributed by atoms with Crippen LogP contribution in [-0.4, -0.2) is 36.8 Å². The summed E-state index contributed by atoms with van der Waals surface area (Å²) in [6.07, 6.45) is 13.6. The SMILES string of the molecule is O.ON1C=CC=CC1[S-].ON1C=CC=CC1[S-].[V+2]. The van der Waals surface area contributed by atoms with Crippen molar-refractivity contribution in [1.29, 1.82) is 0 Å². The van der Waals surface area contributed by atoms with Crippen LogP contribution in [-0.2, 0) is 43.8 Å². The maximum absolute atomic E-state index is 8.77. The summed E-state index contributed by atoms with van der Waals surface area (Å²) >= 11 is 9.50. The summed E-state index contributed by atoms with van der Waals surface area (Å²) < 4.78 is 0. The van der Waals surface area contributed by atoms with Gasteiger partial charge in [-0.05, 0) is 22.9 Å². The molecule has 0 spiro atoms. The Morgan fingerprint density at radius 3 is 1.28 bits per heavy atom. The third-order valence-corrected chi connectivity index (χ3v) is 2.52. The van der Waals surface area contributed by atoms with Crippen LogP contribution in [0.1, 0.15) is 0 Å². The molecule has 2 rings (SSSR count). The van der Waals surface area contributed by atoms with Gasteiger partial charge in [0.05, 0.1) is 0 Å². The molecule has 0 aromatic heterocycles. The van der Waals surface area contributed by atoms with Gasteiger partial charge in [-0.1, -0.05) is 24.3 Å². The van der Waals surface area contributed by atoms with E-state index in [1.165, 1.54) is 12.4 Å². The first-order chi connectivity index (χ1) is 7.61. The van der Waals surface area contributed by atoms with Crippen molar-refractivity contribution in [2.24, 2.45) is 0 Å². The van der Waals surface area contributed by atoms with Gasteiger partial charge in [-0.3, -0.25) is 20.5 Å². The van der Waals surface area contributed by atoms with Gasteiger partial charge in [-0.25, -0.2) is 0 Å². The minimum atomic E-state index is -0.292. The Kier molecular flexibility index (Phi) is 11.8. The zero-order valence-corrected chi connectivity index (χ0v) is 12.4. The van der Waals surface area contributed by atoms with E-state index < -0.39 is 0 Å². The van der Waals surface area contributed by atoms with E-state index in [9.17, 15) is 0 Å². The molecule has 0 aliphatic carbocycles. The average Bonchev–Trinajstić information content (AvgIpc) is 2.28. The van der Waals surface area contributed by atoms with Gasteiger partial charge >= 0.3 is 18.6 Å². The zero-order valence-electron chi connectivity index (χ0n) is 9.33. The van der Waals surface area contributed by atoms with Crippen molar-refractivity contribution in [3.63, 3.8) is 0 Å². The number of rotatable bonds is 0. The Labute approximate surface area is 129 Å². The fourth-order valence-corrected chi connectivity index (χ4v) is 1.26. The van der Waals surface area contributed by atoms with E-state index in [1.54, 1.807) is 24.3 Å². The van der Waals surface area contributed by atoms with E-state index in [-0.39, 0.29) is 34.8 Å². The van der Waals surface area contributed by atoms with Gasteiger partial charge in [0.15, 0.2) is 0 Å². The van der Waals surface area contributed by atoms with Gasteiger partial charge in [0, 0.05) is 12.4 Å². The molecule has 0 aromatic rings. The second kappa shape index (κ2) is 10.6. The molecule has 0 fully saturated rings. The smallest absolute Gasteiger partial charge is 0.761 e. The Balaban J connectivity index is 0. The predicted octanol–water partition coefficient (Wildman–Crippen LogP) is 0.441. The molecule has 2 atom stereocenters. The third kappa shape index (κ3) is 7.22. The van der Waals surface area contributed by atoms with Crippen molar-refractivity contribution in [2.75, 3.05) is 0 Å². The van der Waals surface area contributed by atoms with E-state index in [0.717, 1.165) is 10.1 Å². The van der Waals surface area contributed by atoms with Gasteiger partial charge in [-0.15, -0.1) is 0 Å². The topological polar surface area (TPSA) is 78.4 Å². The molecule has 1 radical (unpaired) electrons. The fourth-order valence-electron chi connectivity index (χ4n) is 0.940. The van der Waals surface area contributed by atoms with Crippen LogP contribution in [0, 0.1) is 0 Å². The quantitative estimate of drug-likeness (QED) is 0.629. The summed E-state index contributed by atoms with van der Waals surface area (Å²) in [6, 6.07) is 0. The summed E-state index contributed by atoms with van der Waals surface area (Å²) in [6.45, 7) is 0. The molecule has 0 saturated heterocycles. The Bertz CT molecular complexity index is 273. The van der Waals surface area contributed by atoms with Crippen molar-refractivity contribution in [3.8, 4) is 0 Å².